The Morgan fingerprint density at radius 1 is 1.14 bits per heavy atom. The fourth-order valence-corrected chi connectivity index (χ4v) is 3.92. The van der Waals surface area contributed by atoms with Gasteiger partial charge in [0, 0.05) is 25.6 Å². The molecule has 0 amide bonds. The Morgan fingerprint density at radius 2 is 1.86 bits per heavy atom. The van der Waals surface area contributed by atoms with E-state index in [0.717, 1.165) is 32.1 Å². The quantitative estimate of drug-likeness (QED) is 0.746. The molecule has 0 radical (unpaired) electrons. The van der Waals surface area contributed by atoms with E-state index in [1.165, 1.54) is 31.2 Å². The Bertz CT molecular complexity index is 457. The summed E-state index contributed by atoms with van der Waals surface area (Å²) < 4.78 is 10.7. The monoisotopic (exact) mass is 289 g/mol. The van der Waals surface area contributed by atoms with Crippen LogP contribution in [0.1, 0.15) is 38.2 Å². The lowest BCUT2D eigenvalue weighted by molar-refractivity contribution is 0.112. The molecule has 3 nitrogen and oxygen atoms in total. The number of nitrogens with one attached hydrogen (secondary N) is 1. The smallest absolute Gasteiger partial charge is 0.119 e. The van der Waals surface area contributed by atoms with E-state index in [0.29, 0.717) is 10.8 Å². The average Bonchev–Trinajstić information content (AvgIpc) is 3.24. The van der Waals surface area contributed by atoms with Crippen LogP contribution in [0.3, 0.4) is 0 Å². The zero-order valence-electron chi connectivity index (χ0n) is 13.3. The number of benzene rings is 1. The molecule has 0 atom stereocenters. The summed E-state index contributed by atoms with van der Waals surface area (Å²) in [6, 6.07) is 8.76. The molecule has 1 spiro atoms. The average molecular weight is 289 g/mol. The van der Waals surface area contributed by atoms with E-state index < -0.39 is 0 Å². The highest BCUT2D eigenvalue weighted by molar-refractivity contribution is 5.37. The van der Waals surface area contributed by atoms with Crippen molar-refractivity contribution in [3.8, 4) is 5.75 Å². The van der Waals surface area contributed by atoms with Gasteiger partial charge >= 0.3 is 0 Å². The van der Waals surface area contributed by atoms with Crippen LogP contribution in [0.2, 0.25) is 0 Å². The topological polar surface area (TPSA) is 30.5 Å². The molecule has 3 rings (SSSR count). The Balaban J connectivity index is 1.66. The van der Waals surface area contributed by atoms with Crippen LogP contribution in [0.4, 0.5) is 0 Å². The predicted molar refractivity (Wildman–Crippen MR) is 84.9 cm³/mol. The molecule has 0 aliphatic heterocycles. The van der Waals surface area contributed by atoms with Gasteiger partial charge in [-0.15, -0.1) is 0 Å². The van der Waals surface area contributed by atoms with E-state index in [4.69, 9.17) is 9.47 Å². The third-order valence-corrected chi connectivity index (χ3v) is 5.11. The zero-order valence-corrected chi connectivity index (χ0v) is 13.3. The minimum Gasteiger partial charge on any atom is -0.494 e. The first kappa shape index (κ1) is 14.9. The molecule has 1 aromatic carbocycles. The highest BCUT2D eigenvalue weighted by atomic mass is 16.5. The maximum absolute atomic E-state index is 5.56. The summed E-state index contributed by atoms with van der Waals surface area (Å²) >= 11 is 0. The van der Waals surface area contributed by atoms with Gasteiger partial charge < -0.3 is 14.8 Å². The Hall–Kier alpha value is -1.06. The van der Waals surface area contributed by atoms with Gasteiger partial charge in [-0.3, -0.25) is 0 Å². The summed E-state index contributed by atoms with van der Waals surface area (Å²) in [4.78, 5) is 0. The van der Waals surface area contributed by atoms with Crippen molar-refractivity contribution < 1.29 is 9.47 Å². The second-order valence-corrected chi connectivity index (χ2v) is 6.76. The highest BCUT2D eigenvalue weighted by Gasteiger charge is 2.60. The van der Waals surface area contributed by atoms with Crippen LogP contribution in [-0.2, 0) is 10.2 Å². The van der Waals surface area contributed by atoms with Gasteiger partial charge in [0.05, 0.1) is 13.2 Å². The minimum atomic E-state index is 0.328. The van der Waals surface area contributed by atoms with E-state index in [1.54, 1.807) is 7.11 Å². The number of hydrogen-bond donors (Lipinski definition) is 1. The number of ether oxygens (including phenoxy) is 2. The second-order valence-electron chi connectivity index (χ2n) is 6.76. The number of rotatable bonds is 8. The zero-order chi connectivity index (χ0) is 14.8. The van der Waals surface area contributed by atoms with Gasteiger partial charge in [0.25, 0.3) is 0 Å². The van der Waals surface area contributed by atoms with E-state index >= 15 is 0 Å². The first-order chi connectivity index (χ1) is 10.2. The third kappa shape index (κ3) is 3.09. The molecule has 21 heavy (non-hydrogen) atoms. The minimum absolute atomic E-state index is 0.328. The molecule has 1 N–H and O–H groups in total. The molecular formula is C18H27NO2. The first-order valence-electron chi connectivity index (χ1n) is 8.15. The van der Waals surface area contributed by atoms with E-state index in [9.17, 15) is 0 Å². The van der Waals surface area contributed by atoms with Crippen LogP contribution in [0, 0.1) is 5.41 Å². The molecule has 0 aromatic heterocycles. The molecule has 2 aliphatic carbocycles. The third-order valence-electron chi connectivity index (χ3n) is 5.11. The molecule has 0 saturated heterocycles. The number of hydrogen-bond acceptors (Lipinski definition) is 3. The molecule has 0 bridgehead atoms. The summed E-state index contributed by atoms with van der Waals surface area (Å²) in [5.74, 6) is 0.976. The van der Waals surface area contributed by atoms with E-state index in [1.807, 2.05) is 6.92 Å². The van der Waals surface area contributed by atoms with Crippen molar-refractivity contribution in [3.05, 3.63) is 29.8 Å². The van der Waals surface area contributed by atoms with Crippen molar-refractivity contribution in [3.63, 3.8) is 0 Å². The molecule has 0 unspecified atom stereocenters. The van der Waals surface area contributed by atoms with Crippen molar-refractivity contribution >= 4 is 0 Å². The standard InChI is InChI=1S/C18H27NO2/c1-3-21-16-6-4-15(5-7-16)18(14-19-10-11-20-2)12-17(13-18)8-9-17/h4-7,19H,3,8-14H2,1-2H3. The van der Waals surface area contributed by atoms with Crippen LogP contribution < -0.4 is 10.1 Å². The maximum atomic E-state index is 5.56. The predicted octanol–water partition coefficient (Wildman–Crippen LogP) is 3.13. The lowest BCUT2D eigenvalue weighted by Gasteiger charge is -2.49. The summed E-state index contributed by atoms with van der Waals surface area (Å²) in [5, 5.41) is 3.58. The number of methoxy groups -OCH3 is 1. The molecule has 2 saturated carbocycles. The molecule has 1 aromatic rings. The lowest BCUT2D eigenvalue weighted by atomic mass is 9.56. The summed E-state index contributed by atoms with van der Waals surface area (Å²) in [6.45, 7) is 5.53. The maximum Gasteiger partial charge on any atom is 0.119 e. The fourth-order valence-electron chi connectivity index (χ4n) is 3.92. The second kappa shape index (κ2) is 5.98. The Morgan fingerprint density at radius 3 is 2.43 bits per heavy atom. The van der Waals surface area contributed by atoms with E-state index in [2.05, 4.69) is 29.6 Å². The molecule has 2 aliphatic rings. The molecule has 2 fully saturated rings. The van der Waals surface area contributed by atoms with Gasteiger partial charge in [0.1, 0.15) is 5.75 Å². The van der Waals surface area contributed by atoms with Crippen LogP contribution in [-0.4, -0.2) is 33.4 Å². The van der Waals surface area contributed by atoms with Gasteiger partial charge in [-0.1, -0.05) is 12.1 Å². The fraction of sp³-hybridized carbons (Fsp3) is 0.667. The van der Waals surface area contributed by atoms with Gasteiger partial charge in [-0.2, -0.15) is 0 Å². The Labute approximate surface area is 128 Å². The van der Waals surface area contributed by atoms with Crippen molar-refractivity contribution in [2.45, 2.75) is 38.0 Å². The largest absolute Gasteiger partial charge is 0.494 e. The van der Waals surface area contributed by atoms with Crippen molar-refractivity contribution in [2.75, 3.05) is 33.4 Å². The van der Waals surface area contributed by atoms with Gasteiger partial charge in [-0.05, 0) is 55.7 Å². The summed E-state index contributed by atoms with van der Waals surface area (Å²) in [7, 11) is 1.76. The molecule has 116 valence electrons. The molecule has 3 heteroatoms. The molecule has 0 heterocycles. The van der Waals surface area contributed by atoms with Gasteiger partial charge in [0.15, 0.2) is 0 Å². The van der Waals surface area contributed by atoms with Gasteiger partial charge in [-0.25, -0.2) is 0 Å². The van der Waals surface area contributed by atoms with Crippen LogP contribution in [0.5, 0.6) is 5.75 Å². The Kier molecular flexibility index (Phi) is 4.23. The van der Waals surface area contributed by atoms with Crippen molar-refractivity contribution in [1.29, 1.82) is 0 Å². The summed E-state index contributed by atoms with van der Waals surface area (Å²) in [6.07, 6.45) is 5.55. The van der Waals surface area contributed by atoms with Gasteiger partial charge in [0.2, 0.25) is 0 Å². The SMILES string of the molecule is CCOc1ccc(C2(CNCCOC)CC3(CC3)C2)cc1. The van der Waals surface area contributed by atoms with E-state index in [-0.39, 0.29) is 0 Å². The van der Waals surface area contributed by atoms with Crippen LogP contribution in [0.15, 0.2) is 24.3 Å². The van der Waals surface area contributed by atoms with Crippen LogP contribution in [0.25, 0.3) is 0 Å². The summed E-state index contributed by atoms with van der Waals surface area (Å²) in [5.41, 5.74) is 2.49. The lowest BCUT2D eigenvalue weighted by Crippen LogP contribution is -2.50. The normalized spacial score (nSPS) is 21.0. The van der Waals surface area contributed by atoms with Crippen molar-refractivity contribution in [1.82, 2.24) is 5.32 Å². The highest BCUT2D eigenvalue weighted by Crippen LogP contribution is 2.68. The first-order valence-corrected chi connectivity index (χ1v) is 8.15. The van der Waals surface area contributed by atoms with Crippen LogP contribution >= 0.6 is 0 Å². The van der Waals surface area contributed by atoms with Crippen molar-refractivity contribution in [2.24, 2.45) is 5.41 Å². The molecular weight excluding hydrogens is 262 g/mol.